The Morgan fingerprint density at radius 3 is 2.52 bits per heavy atom. The van der Waals surface area contributed by atoms with Crippen LogP contribution in [-0.2, 0) is 0 Å². The number of nitrogens with zero attached hydrogens (tertiary/aromatic N) is 2. The number of hydrogen-bond acceptors (Lipinski definition) is 4. The molecule has 6 nitrogen and oxygen atoms in total. The fourth-order valence-corrected chi connectivity index (χ4v) is 2.25. The lowest BCUT2D eigenvalue weighted by atomic mass is 10.2. The Bertz CT molecular complexity index is 781. The molecule has 0 saturated carbocycles. The molecule has 1 heterocycles. The van der Waals surface area contributed by atoms with Gasteiger partial charge in [-0.05, 0) is 44.4 Å². The molecule has 0 aliphatic carbocycles. The molecule has 0 unspecified atom stereocenters. The van der Waals surface area contributed by atoms with Crippen molar-refractivity contribution in [2.75, 3.05) is 32.5 Å². The number of likely N-dealkylation sites (N-methyl/N-ethyl adjacent to an activating group) is 1. The van der Waals surface area contributed by atoms with Crippen molar-refractivity contribution in [1.82, 2.24) is 15.2 Å². The number of amides is 2. The van der Waals surface area contributed by atoms with E-state index in [0.29, 0.717) is 34.4 Å². The van der Waals surface area contributed by atoms with E-state index < -0.39 is 0 Å². The minimum Gasteiger partial charge on any atom is -0.349 e. The van der Waals surface area contributed by atoms with Crippen molar-refractivity contribution in [2.45, 2.75) is 0 Å². The number of aromatic nitrogens is 1. The van der Waals surface area contributed by atoms with Gasteiger partial charge in [-0.3, -0.25) is 14.6 Å². The maximum absolute atomic E-state index is 12.3. The predicted molar refractivity (Wildman–Crippen MR) is 99.5 cm³/mol. The average molecular weight is 381 g/mol. The Labute approximate surface area is 156 Å². The van der Waals surface area contributed by atoms with Gasteiger partial charge in [0.05, 0.1) is 10.0 Å². The van der Waals surface area contributed by atoms with Crippen LogP contribution in [0.4, 0.5) is 5.69 Å². The fraction of sp³-hybridized carbons (Fsp3) is 0.235. The van der Waals surface area contributed by atoms with Crippen LogP contribution in [0.2, 0.25) is 10.0 Å². The van der Waals surface area contributed by atoms with Gasteiger partial charge in [-0.1, -0.05) is 23.2 Å². The van der Waals surface area contributed by atoms with E-state index in [2.05, 4.69) is 15.6 Å². The quantitative estimate of drug-likeness (QED) is 0.807. The van der Waals surface area contributed by atoms with Crippen molar-refractivity contribution in [3.63, 3.8) is 0 Å². The van der Waals surface area contributed by atoms with Gasteiger partial charge >= 0.3 is 0 Å². The zero-order valence-corrected chi connectivity index (χ0v) is 15.4. The highest BCUT2D eigenvalue weighted by Gasteiger charge is 2.12. The summed E-state index contributed by atoms with van der Waals surface area (Å²) in [5, 5.41) is 6.20. The van der Waals surface area contributed by atoms with Crippen molar-refractivity contribution < 1.29 is 9.59 Å². The molecule has 1 aromatic carbocycles. The summed E-state index contributed by atoms with van der Waals surface area (Å²) in [5.41, 5.74) is 1.01. The lowest BCUT2D eigenvalue weighted by Crippen LogP contribution is -2.32. The van der Waals surface area contributed by atoms with E-state index in [0.717, 1.165) is 0 Å². The van der Waals surface area contributed by atoms with Gasteiger partial charge in [0, 0.05) is 30.5 Å². The molecule has 0 bridgehead atoms. The third-order valence-electron chi connectivity index (χ3n) is 3.28. The summed E-state index contributed by atoms with van der Waals surface area (Å²) < 4.78 is 0. The highest BCUT2D eigenvalue weighted by molar-refractivity contribution is 6.42. The summed E-state index contributed by atoms with van der Waals surface area (Å²) in [6, 6.07) is 7.76. The molecule has 25 heavy (non-hydrogen) atoms. The van der Waals surface area contributed by atoms with E-state index in [9.17, 15) is 9.59 Å². The van der Waals surface area contributed by atoms with Crippen molar-refractivity contribution in [3.8, 4) is 0 Å². The summed E-state index contributed by atoms with van der Waals surface area (Å²) in [6.07, 6.45) is 1.42. The van der Waals surface area contributed by atoms with E-state index in [1.54, 1.807) is 18.2 Å². The van der Waals surface area contributed by atoms with Crippen LogP contribution in [0.3, 0.4) is 0 Å². The van der Waals surface area contributed by atoms with Crippen LogP contribution in [0.25, 0.3) is 0 Å². The van der Waals surface area contributed by atoms with Gasteiger partial charge in [-0.25, -0.2) is 0 Å². The topological polar surface area (TPSA) is 74.3 Å². The summed E-state index contributed by atoms with van der Waals surface area (Å²) >= 11 is 11.8. The first-order valence-corrected chi connectivity index (χ1v) is 8.28. The van der Waals surface area contributed by atoms with Crippen LogP contribution in [-0.4, -0.2) is 48.9 Å². The molecule has 2 aromatic rings. The number of anilines is 1. The molecule has 132 valence electrons. The zero-order chi connectivity index (χ0) is 18.4. The smallest absolute Gasteiger partial charge is 0.269 e. The Hall–Kier alpha value is -2.15. The van der Waals surface area contributed by atoms with Gasteiger partial charge in [-0.15, -0.1) is 0 Å². The van der Waals surface area contributed by atoms with Crippen molar-refractivity contribution in [3.05, 3.63) is 57.8 Å². The average Bonchev–Trinajstić information content (AvgIpc) is 2.58. The number of benzene rings is 1. The first-order valence-electron chi connectivity index (χ1n) is 7.52. The minimum atomic E-state index is -0.372. The standard InChI is InChI=1S/C17H18Cl2N4O2/c1-23(2)8-7-21-17(25)15-9-11(5-6-20-15)16(24)22-12-3-4-13(18)14(19)10-12/h3-6,9-10H,7-8H2,1-2H3,(H,21,25)(H,22,24). The normalized spacial score (nSPS) is 10.6. The lowest BCUT2D eigenvalue weighted by Gasteiger charge is -2.10. The second-order valence-electron chi connectivity index (χ2n) is 5.57. The number of rotatable bonds is 6. The Morgan fingerprint density at radius 2 is 1.84 bits per heavy atom. The molecule has 0 atom stereocenters. The number of hydrogen-bond donors (Lipinski definition) is 2. The molecule has 0 fully saturated rings. The SMILES string of the molecule is CN(C)CCNC(=O)c1cc(C(=O)Nc2ccc(Cl)c(Cl)c2)ccn1. The molecule has 0 aliphatic heterocycles. The van der Waals surface area contributed by atoms with Crippen molar-refractivity contribution in [1.29, 1.82) is 0 Å². The van der Waals surface area contributed by atoms with E-state index in [1.165, 1.54) is 18.3 Å². The van der Waals surface area contributed by atoms with Crippen LogP contribution in [0.15, 0.2) is 36.5 Å². The summed E-state index contributed by atoms with van der Waals surface area (Å²) in [4.78, 5) is 30.4. The molecule has 0 radical (unpaired) electrons. The van der Waals surface area contributed by atoms with Crippen LogP contribution < -0.4 is 10.6 Å². The number of carbonyl (C=O) groups is 2. The first-order chi connectivity index (χ1) is 11.9. The number of halogens is 2. The highest BCUT2D eigenvalue weighted by Crippen LogP contribution is 2.25. The fourth-order valence-electron chi connectivity index (χ4n) is 1.96. The van der Waals surface area contributed by atoms with Crippen molar-refractivity contribution >= 4 is 40.7 Å². The van der Waals surface area contributed by atoms with Gasteiger partial charge in [0.25, 0.3) is 11.8 Å². The molecule has 1 aromatic heterocycles. The van der Waals surface area contributed by atoms with E-state index >= 15 is 0 Å². The lowest BCUT2D eigenvalue weighted by molar-refractivity contribution is 0.0946. The monoisotopic (exact) mass is 380 g/mol. The van der Waals surface area contributed by atoms with E-state index in [-0.39, 0.29) is 17.5 Å². The Balaban J connectivity index is 2.05. The van der Waals surface area contributed by atoms with Gasteiger partial charge in [0.1, 0.15) is 5.69 Å². The maximum atomic E-state index is 12.3. The van der Waals surface area contributed by atoms with Crippen LogP contribution in [0.1, 0.15) is 20.8 Å². The number of pyridine rings is 1. The third-order valence-corrected chi connectivity index (χ3v) is 4.02. The van der Waals surface area contributed by atoms with E-state index in [1.807, 2.05) is 19.0 Å². The molecule has 0 aliphatic rings. The first kappa shape index (κ1) is 19.2. The van der Waals surface area contributed by atoms with E-state index in [4.69, 9.17) is 23.2 Å². The van der Waals surface area contributed by atoms with Crippen LogP contribution >= 0.6 is 23.2 Å². The molecule has 2 amide bonds. The van der Waals surface area contributed by atoms with Crippen LogP contribution in [0, 0.1) is 0 Å². The molecular formula is C17H18Cl2N4O2. The number of nitrogens with one attached hydrogen (secondary N) is 2. The van der Waals surface area contributed by atoms with Gasteiger partial charge in [0.15, 0.2) is 0 Å². The molecule has 2 rings (SSSR count). The summed E-state index contributed by atoms with van der Waals surface area (Å²) in [7, 11) is 3.83. The summed E-state index contributed by atoms with van der Waals surface area (Å²) in [5.74, 6) is -0.700. The Kier molecular flexibility index (Phi) is 6.75. The molecule has 2 N–H and O–H groups in total. The molecule has 8 heteroatoms. The summed E-state index contributed by atoms with van der Waals surface area (Å²) in [6.45, 7) is 1.20. The Morgan fingerprint density at radius 1 is 1.08 bits per heavy atom. The molecule has 0 saturated heterocycles. The largest absolute Gasteiger partial charge is 0.349 e. The zero-order valence-electron chi connectivity index (χ0n) is 13.8. The highest BCUT2D eigenvalue weighted by atomic mass is 35.5. The van der Waals surface area contributed by atoms with Crippen molar-refractivity contribution in [2.24, 2.45) is 0 Å². The van der Waals surface area contributed by atoms with Gasteiger partial charge < -0.3 is 15.5 Å². The second-order valence-corrected chi connectivity index (χ2v) is 6.39. The minimum absolute atomic E-state index is 0.181. The van der Waals surface area contributed by atoms with Crippen LogP contribution in [0.5, 0.6) is 0 Å². The van der Waals surface area contributed by atoms with Gasteiger partial charge in [0.2, 0.25) is 0 Å². The molecular weight excluding hydrogens is 363 g/mol. The molecule has 0 spiro atoms. The van der Waals surface area contributed by atoms with Gasteiger partial charge in [-0.2, -0.15) is 0 Å². The maximum Gasteiger partial charge on any atom is 0.269 e. The second kappa shape index (κ2) is 8.80. The third kappa shape index (κ3) is 5.70. The predicted octanol–water partition coefficient (Wildman–Crippen LogP) is 2.93. The number of carbonyl (C=O) groups excluding carboxylic acids is 2.